The molecule has 1 N–H and O–H groups in total. The van der Waals surface area contributed by atoms with E-state index in [0.29, 0.717) is 29.6 Å². The molecule has 1 atom stereocenters. The van der Waals surface area contributed by atoms with Gasteiger partial charge in [-0.25, -0.2) is 4.79 Å². The maximum Gasteiger partial charge on any atom is 0.321 e. The molecule has 0 aliphatic carbocycles. The van der Waals surface area contributed by atoms with Gasteiger partial charge < -0.3 is 24.4 Å². The smallest absolute Gasteiger partial charge is 0.321 e. The van der Waals surface area contributed by atoms with E-state index in [-0.39, 0.29) is 6.03 Å². The molecule has 0 bridgehead atoms. The second-order valence-electron chi connectivity index (χ2n) is 6.91. The summed E-state index contributed by atoms with van der Waals surface area (Å²) in [5.41, 5.74) is 1.93. The number of likely N-dealkylation sites (tertiary alicyclic amines) is 1. The van der Waals surface area contributed by atoms with Crippen molar-refractivity contribution in [2.75, 3.05) is 39.7 Å². The summed E-state index contributed by atoms with van der Waals surface area (Å²) < 4.78 is 15.8. The first-order valence-corrected chi connectivity index (χ1v) is 9.56. The molecule has 1 unspecified atom stereocenters. The van der Waals surface area contributed by atoms with Crippen molar-refractivity contribution < 1.29 is 19.0 Å². The molecule has 1 fully saturated rings. The van der Waals surface area contributed by atoms with Gasteiger partial charge in [0.15, 0.2) is 11.5 Å². The van der Waals surface area contributed by atoms with E-state index >= 15 is 0 Å². The molecule has 0 spiro atoms. The largest absolute Gasteiger partial charge is 0.497 e. The molecular weight excluding hydrogens is 356 g/mol. The number of urea groups is 1. The summed E-state index contributed by atoms with van der Waals surface area (Å²) in [6.07, 6.45) is 3.19. The van der Waals surface area contributed by atoms with Crippen LogP contribution in [-0.4, -0.2) is 45.3 Å². The second kappa shape index (κ2) is 9.35. The van der Waals surface area contributed by atoms with Crippen LogP contribution in [0.3, 0.4) is 0 Å². The van der Waals surface area contributed by atoms with Gasteiger partial charge in [-0.2, -0.15) is 0 Å². The third-order valence-corrected chi connectivity index (χ3v) is 5.18. The van der Waals surface area contributed by atoms with Crippen LogP contribution in [0.1, 0.15) is 30.7 Å². The van der Waals surface area contributed by atoms with E-state index < -0.39 is 0 Å². The molecule has 0 radical (unpaired) electrons. The van der Waals surface area contributed by atoms with Gasteiger partial charge in [0, 0.05) is 30.8 Å². The van der Waals surface area contributed by atoms with Crippen LogP contribution in [0.4, 0.5) is 10.5 Å². The van der Waals surface area contributed by atoms with Crippen molar-refractivity contribution >= 4 is 11.7 Å². The van der Waals surface area contributed by atoms with E-state index in [1.165, 1.54) is 5.56 Å². The molecule has 0 aromatic heterocycles. The first-order chi connectivity index (χ1) is 13.6. The summed E-state index contributed by atoms with van der Waals surface area (Å²) in [4.78, 5) is 14.8. The normalized spacial score (nSPS) is 16.8. The van der Waals surface area contributed by atoms with Gasteiger partial charge in [0.25, 0.3) is 0 Å². The fraction of sp³-hybridized carbons (Fsp3) is 0.409. The predicted octanol–water partition coefficient (Wildman–Crippen LogP) is 4.51. The van der Waals surface area contributed by atoms with Crippen molar-refractivity contribution in [3.63, 3.8) is 0 Å². The van der Waals surface area contributed by atoms with E-state index in [4.69, 9.17) is 14.2 Å². The molecule has 1 aliphatic rings. The van der Waals surface area contributed by atoms with Crippen LogP contribution < -0.4 is 19.5 Å². The van der Waals surface area contributed by atoms with E-state index in [2.05, 4.69) is 17.4 Å². The molecule has 2 aromatic carbocycles. The topological polar surface area (TPSA) is 60.0 Å². The van der Waals surface area contributed by atoms with Crippen LogP contribution in [0.15, 0.2) is 42.5 Å². The Kier molecular flexibility index (Phi) is 6.63. The number of carbonyl (C=O) groups excluding carboxylic acids is 1. The number of nitrogens with one attached hydrogen (secondary N) is 1. The van der Waals surface area contributed by atoms with Crippen LogP contribution in [-0.2, 0) is 0 Å². The monoisotopic (exact) mass is 384 g/mol. The van der Waals surface area contributed by atoms with Gasteiger partial charge in [0.1, 0.15) is 5.75 Å². The number of amides is 2. The fourth-order valence-corrected chi connectivity index (χ4v) is 3.59. The number of benzene rings is 2. The summed E-state index contributed by atoms with van der Waals surface area (Å²) in [7, 11) is 4.84. The van der Waals surface area contributed by atoms with Gasteiger partial charge in [-0.05, 0) is 42.7 Å². The Balaban J connectivity index is 1.69. The summed E-state index contributed by atoms with van der Waals surface area (Å²) >= 11 is 0. The molecule has 3 rings (SSSR count). The number of hydrogen-bond acceptors (Lipinski definition) is 4. The van der Waals surface area contributed by atoms with Gasteiger partial charge in [0.05, 0.1) is 21.3 Å². The lowest BCUT2D eigenvalue weighted by Gasteiger charge is -2.25. The van der Waals surface area contributed by atoms with Crippen molar-refractivity contribution in [2.24, 2.45) is 0 Å². The molecule has 1 heterocycles. The lowest BCUT2D eigenvalue weighted by Crippen LogP contribution is -2.37. The molecule has 150 valence electrons. The van der Waals surface area contributed by atoms with Crippen molar-refractivity contribution in [1.82, 2.24) is 4.90 Å². The molecule has 1 saturated heterocycles. The van der Waals surface area contributed by atoms with E-state index in [0.717, 1.165) is 31.6 Å². The lowest BCUT2D eigenvalue weighted by molar-refractivity contribution is 0.211. The molecule has 2 aromatic rings. The zero-order chi connectivity index (χ0) is 19.9. The number of rotatable bonds is 5. The van der Waals surface area contributed by atoms with Crippen molar-refractivity contribution in [1.29, 1.82) is 0 Å². The maximum atomic E-state index is 12.9. The highest BCUT2D eigenvalue weighted by Gasteiger charge is 2.23. The van der Waals surface area contributed by atoms with E-state index in [1.807, 2.05) is 23.1 Å². The minimum absolute atomic E-state index is 0.0902. The Morgan fingerprint density at radius 3 is 2.39 bits per heavy atom. The third kappa shape index (κ3) is 4.68. The minimum Gasteiger partial charge on any atom is -0.497 e. The van der Waals surface area contributed by atoms with Crippen LogP contribution in [0, 0.1) is 0 Å². The molecule has 1 aliphatic heterocycles. The van der Waals surface area contributed by atoms with Gasteiger partial charge in [-0.15, -0.1) is 0 Å². The zero-order valence-corrected chi connectivity index (χ0v) is 16.7. The summed E-state index contributed by atoms with van der Waals surface area (Å²) in [5, 5.41) is 2.99. The van der Waals surface area contributed by atoms with Crippen LogP contribution in [0.25, 0.3) is 0 Å². The highest BCUT2D eigenvalue weighted by molar-refractivity contribution is 5.89. The third-order valence-electron chi connectivity index (χ3n) is 5.18. The Labute approximate surface area is 166 Å². The fourth-order valence-electron chi connectivity index (χ4n) is 3.59. The minimum atomic E-state index is -0.0902. The van der Waals surface area contributed by atoms with Gasteiger partial charge >= 0.3 is 6.03 Å². The van der Waals surface area contributed by atoms with Gasteiger partial charge in [0.2, 0.25) is 0 Å². The van der Waals surface area contributed by atoms with Crippen molar-refractivity contribution in [3.05, 3.63) is 48.0 Å². The first-order valence-electron chi connectivity index (χ1n) is 9.56. The SMILES string of the molecule is COc1ccc(C2CCCCN(C(=O)Nc3ccc(OC)c(OC)c3)C2)cc1. The van der Waals surface area contributed by atoms with Crippen molar-refractivity contribution in [2.45, 2.75) is 25.2 Å². The molecule has 0 saturated carbocycles. The average Bonchev–Trinajstić information content (AvgIpc) is 3.00. The summed E-state index contributed by atoms with van der Waals surface area (Å²) in [6.45, 7) is 1.46. The Morgan fingerprint density at radius 1 is 0.964 bits per heavy atom. The number of nitrogens with zero attached hydrogens (tertiary/aromatic N) is 1. The lowest BCUT2D eigenvalue weighted by atomic mass is 9.94. The van der Waals surface area contributed by atoms with Gasteiger partial charge in [-0.3, -0.25) is 0 Å². The number of anilines is 1. The highest BCUT2D eigenvalue weighted by atomic mass is 16.5. The second-order valence-corrected chi connectivity index (χ2v) is 6.91. The molecule has 28 heavy (non-hydrogen) atoms. The molecule has 6 heteroatoms. The number of ether oxygens (including phenoxy) is 3. The quantitative estimate of drug-likeness (QED) is 0.824. The zero-order valence-electron chi connectivity index (χ0n) is 16.7. The highest BCUT2D eigenvalue weighted by Crippen LogP contribution is 2.31. The summed E-state index contributed by atoms with van der Waals surface area (Å²) in [6, 6.07) is 13.4. The van der Waals surface area contributed by atoms with E-state index in [1.54, 1.807) is 33.5 Å². The summed E-state index contributed by atoms with van der Waals surface area (Å²) in [5.74, 6) is 2.40. The molecule has 2 amide bonds. The standard InChI is InChI=1S/C22H28N2O4/c1-26-19-10-7-16(8-11-19)17-6-4-5-13-24(15-17)22(25)23-18-9-12-20(27-2)21(14-18)28-3/h7-12,14,17H,4-6,13,15H2,1-3H3,(H,23,25). The molecule has 6 nitrogen and oxygen atoms in total. The van der Waals surface area contributed by atoms with Crippen molar-refractivity contribution in [3.8, 4) is 17.2 Å². The average molecular weight is 384 g/mol. The van der Waals surface area contributed by atoms with E-state index in [9.17, 15) is 4.79 Å². The van der Waals surface area contributed by atoms with Crippen LogP contribution in [0.2, 0.25) is 0 Å². The maximum absolute atomic E-state index is 12.9. The Hall–Kier alpha value is -2.89. The Morgan fingerprint density at radius 2 is 1.71 bits per heavy atom. The van der Waals surface area contributed by atoms with Crippen LogP contribution >= 0.6 is 0 Å². The number of carbonyl (C=O) groups is 1. The van der Waals surface area contributed by atoms with Gasteiger partial charge in [-0.1, -0.05) is 18.6 Å². The number of methoxy groups -OCH3 is 3. The first kappa shape index (κ1) is 19.9. The molecular formula is C22H28N2O4. The Bertz CT molecular complexity index is 792. The van der Waals surface area contributed by atoms with Crippen LogP contribution in [0.5, 0.6) is 17.2 Å². The predicted molar refractivity (Wildman–Crippen MR) is 110 cm³/mol. The number of hydrogen-bond donors (Lipinski definition) is 1.